The van der Waals surface area contributed by atoms with Gasteiger partial charge in [0.15, 0.2) is 17.3 Å². The topological polar surface area (TPSA) is 80.9 Å². The fraction of sp³-hybridized carbons (Fsp3) is 0.278. The lowest BCUT2D eigenvalue weighted by molar-refractivity contribution is 0.0913. The summed E-state index contributed by atoms with van der Waals surface area (Å²) < 4.78 is 16.5. The van der Waals surface area contributed by atoms with Crippen LogP contribution in [0.3, 0.4) is 0 Å². The van der Waals surface area contributed by atoms with E-state index in [9.17, 15) is 4.79 Å². The Morgan fingerprint density at radius 2 is 2.17 bits per heavy atom. The summed E-state index contributed by atoms with van der Waals surface area (Å²) in [6, 6.07) is 8.90. The highest BCUT2D eigenvalue weighted by atomic mass is 16.5. The summed E-state index contributed by atoms with van der Waals surface area (Å²) in [6.45, 7) is 3.94. The van der Waals surface area contributed by atoms with Crippen LogP contribution in [0.4, 0.5) is 0 Å². The maximum atomic E-state index is 11.7. The highest BCUT2D eigenvalue weighted by Gasteiger charge is 2.12. The Hall–Kier alpha value is -2.73. The van der Waals surface area contributed by atoms with Crippen LogP contribution in [0.15, 0.2) is 47.4 Å². The molecule has 0 saturated carbocycles. The Kier molecular flexibility index (Phi) is 6.45. The number of benzene rings is 1. The first-order valence-corrected chi connectivity index (χ1v) is 7.56. The lowest BCUT2D eigenvalue weighted by atomic mass is 10.1. The van der Waals surface area contributed by atoms with Gasteiger partial charge in [-0.2, -0.15) is 0 Å². The number of carbonyl (C=O) groups is 1. The Morgan fingerprint density at radius 3 is 2.88 bits per heavy atom. The minimum atomic E-state index is -0.373. The number of amides is 1. The van der Waals surface area contributed by atoms with Gasteiger partial charge in [-0.1, -0.05) is 12.1 Å². The summed E-state index contributed by atoms with van der Waals surface area (Å²) in [5.41, 5.74) is 1.08. The van der Waals surface area contributed by atoms with Crippen molar-refractivity contribution in [3.05, 3.63) is 60.1 Å². The molecule has 0 aliphatic carbocycles. The Morgan fingerprint density at radius 1 is 1.33 bits per heavy atom. The molecule has 2 aromatic rings. The monoisotopic (exact) mass is 331 g/mol. The molecule has 128 valence electrons. The molecule has 1 amide bonds. The number of allylic oxidation sites excluding steroid dienone is 1. The third-order valence-corrected chi connectivity index (χ3v) is 3.26. The fourth-order valence-electron chi connectivity index (χ4n) is 2.11. The average Bonchev–Trinajstić information content (AvgIpc) is 3.07. The zero-order valence-corrected chi connectivity index (χ0v) is 13.6. The number of aliphatic hydroxyl groups is 1. The first kappa shape index (κ1) is 17.6. The molecule has 0 aliphatic rings. The van der Waals surface area contributed by atoms with Gasteiger partial charge in [0.05, 0.1) is 13.7 Å². The van der Waals surface area contributed by atoms with Gasteiger partial charge >= 0.3 is 0 Å². The maximum Gasteiger partial charge on any atom is 0.287 e. The van der Waals surface area contributed by atoms with Crippen molar-refractivity contribution in [1.29, 1.82) is 0 Å². The van der Waals surface area contributed by atoms with E-state index in [-0.39, 0.29) is 31.4 Å². The van der Waals surface area contributed by atoms with E-state index in [4.69, 9.17) is 19.0 Å². The molecule has 0 unspecified atom stereocenters. The van der Waals surface area contributed by atoms with Crippen molar-refractivity contribution in [2.75, 3.05) is 20.3 Å². The molecule has 0 atom stereocenters. The highest BCUT2D eigenvalue weighted by molar-refractivity contribution is 5.91. The molecule has 0 radical (unpaired) electrons. The van der Waals surface area contributed by atoms with Crippen molar-refractivity contribution < 1.29 is 23.8 Å². The molecule has 0 bridgehead atoms. The van der Waals surface area contributed by atoms with E-state index < -0.39 is 0 Å². The molecule has 0 spiro atoms. The maximum absolute atomic E-state index is 11.7. The van der Waals surface area contributed by atoms with Crippen molar-refractivity contribution in [2.45, 2.75) is 13.0 Å². The van der Waals surface area contributed by atoms with Crippen molar-refractivity contribution in [1.82, 2.24) is 5.32 Å². The van der Waals surface area contributed by atoms with Crippen LogP contribution in [0.5, 0.6) is 11.5 Å². The predicted octanol–water partition coefficient (Wildman–Crippen LogP) is 2.32. The zero-order chi connectivity index (χ0) is 17.4. The predicted molar refractivity (Wildman–Crippen MR) is 89.4 cm³/mol. The minimum absolute atomic E-state index is 0.121. The van der Waals surface area contributed by atoms with Crippen LogP contribution in [-0.4, -0.2) is 31.3 Å². The van der Waals surface area contributed by atoms with E-state index in [1.807, 2.05) is 24.3 Å². The van der Waals surface area contributed by atoms with Gasteiger partial charge in [-0.05, 0) is 36.2 Å². The highest BCUT2D eigenvalue weighted by Crippen LogP contribution is 2.29. The van der Waals surface area contributed by atoms with Crippen molar-refractivity contribution in [3.63, 3.8) is 0 Å². The van der Waals surface area contributed by atoms with Gasteiger partial charge in [-0.15, -0.1) is 6.58 Å². The Balaban J connectivity index is 1.99. The first-order valence-electron chi connectivity index (χ1n) is 7.56. The van der Waals surface area contributed by atoms with Crippen LogP contribution < -0.4 is 14.8 Å². The van der Waals surface area contributed by atoms with Gasteiger partial charge in [0.2, 0.25) is 0 Å². The Labute approximate surface area is 140 Å². The molecule has 6 nitrogen and oxygen atoms in total. The molecule has 1 aromatic heterocycles. The van der Waals surface area contributed by atoms with Crippen LogP contribution >= 0.6 is 0 Å². The molecule has 1 heterocycles. The van der Waals surface area contributed by atoms with Gasteiger partial charge < -0.3 is 24.3 Å². The third-order valence-electron chi connectivity index (χ3n) is 3.26. The molecule has 1 aromatic carbocycles. The fourth-order valence-corrected chi connectivity index (χ4v) is 2.11. The largest absolute Gasteiger partial charge is 0.493 e. The second-order valence-corrected chi connectivity index (χ2v) is 5.01. The number of ether oxygens (including phenoxy) is 2. The SMILES string of the molecule is C=CCc1ccc(OCc2ccc(C(=O)NCCO)o2)c(OC)c1. The summed E-state index contributed by atoms with van der Waals surface area (Å²) in [4.78, 5) is 11.7. The van der Waals surface area contributed by atoms with E-state index >= 15 is 0 Å². The molecular formula is C18H21NO5. The summed E-state index contributed by atoms with van der Waals surface area (Å²) in [6.07, 6.45) is 2.57. The summed E-state index contributed by atoms with van der Waals surface area (Å²) in [7, 11) is 1.58. The summed E-state index contributed by atoms with van der Waals surface area (Å²) in [5.74, 6) is 1.54. The number of furan rings is 1. The van der Waals surface area contributed by atoms with E-state index in [2.05, 4.69) is 11.9 Å². The van der Waals surface area contributed by atoms with Crippen molar-refractivity contribution in [3.8, 4) is 11.5 Å². The summed E-state index contributed by atoms with van der Waals surface area (Å²) in [5, 5.41) is 11.2. The smallest absolute Gasteiger partial charge is 0.287 e. The lowest BCUT2D eigenvalue weighted by Gasteiger charge is -2.11. The molecule has 0 aliphatic heterocycles. The number of hydrogen-bond donors (Lipinski definition) is 2. The number of methoxy groups -OCH3 is 1. The van der Waals surface area contributed by atoms with E-state index in [1.165, 1.54) is 0 Å². The number of aliphatic hydroxyl groups excluding tert-OH is 1. The molecule has 24 heavy (non-hydrogen) atoms. The van der Waals surface area contributed by atoms with Crippen molar-refractivity contribution in [2.24, 2.45) is 0 Å². The number of rotatable bonds is 9. The molecular weight excluding hydrogens is 310 g/mol. The van der Waals surface area contributed by atoms with Crippen LogP contribution in [0.25, 0.3) is 0 Å². The number of hydrogen-bond acceptors (Lipinski definition) is 5. The molecule has 0 fully saturated rings. The van der Waals surface area contributed by atoms with Crippen LogP contribution in [0.1, 0.15) is 21.9 Å². The molecule has 2 N–H and O–H groups in total. The molecule has 0 saturated heterocycles. The quantitative estimate of drug-likeness (QED) is 0.689. The van der Waals surface area contributed by atoms with Gasteiger partial charge in [-0.25, -0.2) is 0 Å². The zero-order valence-electron chi connectivity index (χ0n) is 13.6. The van der Waals surface area contributed by atoms with Gasteiger partial charge in [-0.3, -0.25) is 4.79 Å². The average molecular weight is 331 g/mol. The van der Waals surface area contributed by atoms with Gasteiger partial charge in [0.1, 0.15) is 12.4 Å². The van der Waals surface area contributed by atoms with Crippen LogP contribution in [-0.2, 0) is 13.0 Å². The minimum Gasteiger partial charge on any atom is -0.493 e. The van der Waals surface area contributed by atoms with E-state index in [1.54, 1.807) is 19.2 Å². The standard InChI is InChI=1S/C18H21NO5/c1-3-4-13-5-7-15(17(11-13)22-2)23-12-14-6-8-16(24-14)18(21)19-9-10-20/h3,5-8,11,20H,1,4,9-10,12H2,2H3,(H,19,21). The number of carbonyl (C=O) groups excluding carboxylic acids is 1. The van der Waals surface area contributed by atoms with Gasteiger partial charge in [0, 0.05) is 6.54 Å². The van der Waals surface area contributed by atoms with E-state index in [0.29, 0.717) is 17.3 Å². The van der Waals surface area contributed by atoms with Crippen LogP contribution in [0.2, 0.25) is 0 Å². The molecule has 2 rings (SSSR count). The Bertz CT molecular complexity index is 692. The van der Waals surface area contributed by atoms with E-state index in [0.717, 1.165) is 12.0 Å². The lowest BCUT2D eigenvalue weighted by Crippen LogP contribution is -2.25. The second-order valence-electron chi connectivity index (χ2n) is 5.01. The third kappa shape index (κ3) is 4.63. The second kappa shape index (κ2) is 8.79. The van der Waals surface area contributed by atoms with Crippen molar-refractivity contribution >= 4 is 5.91 Å². The summed E-state index contributed by atoms with van der Waals surface area (Å²) >= 11 is 0. The normalized spacial score (nSPS) is 10.2. The molecule has 6 heteroatoms. The van der Waals surface area contributed by atoms with Crippen LogP contribution in [0, 0.1) is 0 Å². The van der Waals surface area contributed by atoms with Gasteiger partial charge in [0.25, 0.3) is 5.91 Å². The number of nitrogens with one attached hydrogen (secondary N) is 1. The first-order chi connectivity index (χ1) is 11.7.